The lowest BCUT2D eigenvalue weighted by Gasteiger charge is -2.20. The summed E-state index contributed by atoms with van der Waals surface area (Å²) in [5, 5.41) is 6.32. The molecule has 0 bridgehead atoms. The molecule has 0 radical (unpaired) electrons. The summed E-state index contributed by atoms with van der Waals surface area (Å²) in [4.78, 5) is 4.17. The second-order valence-corrected chi connectivity index (χ2v) is 8.56. The zero-order valence-electron chi connectivity index (χ0n) is 16.2. The predicted octanol–water partition coefficient (Wildman–Crippen LogP) is 2.67. The molecule has 0 fully saturated rings. The van der Waals surface area contributed by atoms with Crippen molar-refractivity contribution in [2.45, 2.75) is 19.9 Å². The van der Waals surface area contributed by atoms with E-state index in [0.717, 1.165) is 17.7 Å². The van der Waals surface area contributed by atoms with Gasteiger partial charge in [0.05, 0.1) is 11.4 Å². The van der Waals surface area contributed by atoms with Crippen LogP contribution in [0.1, 0.15) is 16.7 Å². The van der Waals surface area contributed by atoms with Gasteiger partial charge in [0, 0.05) is 26.7 Å². The van der Waals surface area contributed by atoms with Crippen molar-refractivity contribution in [2.75, 3.05) is 30.2 Å². The molecule has 0 atom stereocenters. The first-order valence-corrected chi connectivity index (χ1v) is 10.7. The van der Waals surface area contributed by atoms with E-state index in [9.17, 15) is 8.42 Å². The van der Waals surface area contributed by atoms with Gasteiger partial charge in [-0.3, -0.25) is 9.30 Å². The average molecular weight is 514 g/mol. The molecule has 0 aromatic heterocycles. The molecule has 2 N–H and O–H groups in total. The molecule has 1 aliphatic heterocycles. The summed E-state index contributed by atoms with van der Waals surface area (Å²) in [5.41, 5.74) is 4.28. The number of hydrogen-bond acceptors (Lipinski definition) is 3. The second kappa shape index (κ2) is 10.1. The molecule has 2 aromatic carbocycles. The summed E-state index contributed by atoms with van der Waals surface area (Å²) < 4.78 is 27.0. The third kappa shape index (κ3) is 5.38. The molecule has 28 heavy (non-hydrogen) atoms. The molecule has 152 valence electrons. The first kappa shape index (κ1) is 22.5. The summed E-state index contributed by atoms with van der Waals surface area (Å²) in [7, 11) is -1.68. The van der Waals surface area contributed by atoms with Crippen LogP contribution in [0.5, 0.6) is 0 Å². The molecule has 0 spiro atoms. The van der Waals surface area contributed by atoms with E-state index >= 15 is 0 Å². The minimum Gasteiger partial charge on any atom is -0.355 e. The standard InChI is InChI=1S/C20H26N4O2S.HI/c1-16-7-3-4-9-18(16)15-23-20(21-2)22-12-14-27(25,26)24-13-11-17-8-5-6-10-19(17)24;/h3-10H,11-15H2,1-2H3,(H2,21,22,23);1H. The molecule has 0 unspecified atom stereocenters. The van der Waals surface area contributed by atoms with Gasteiger partial charge < -0.3 is 10.6 Å². The lowest BCUT2D eigenvalue weighted by molar-refractivity contribution is 0.591. The normalized spacial score (nSPS) is 13.6. The predicted molar refractivity (Wildman–Crippen MR) is 126 cm³/mol. The van der Waals surface area contributed by atoms with Crippen LogP contribution in [0.15, 0.2) is 53.5 Å². The van der Waals surface area contributed by atoms with E-state index in [1.54, 1.807) is 7.05 Å². The van der Waals surface area contributed by atoms with Gasteiger partial charge in [0.2, 0.25) is 10.0 Å². The van der Waals surface area contributed by atoms with Crippen molar-refractivity contribution in [2.24, 2.45) is 4.99 Å². The monoisotopic (exact) mass is 514 g/mol. The van der Waals surface area contributed by atoms with Crippen LogP contribution in [0.4, 0.5) is 5.69 Å². The molecular formula is C20H27IN4O2S. The summed E-state index contributed by atoms with van der Waals surface area (Å²) >= 11 is 0. The highest BCUT2D eigenvalue weighted by atomic mass is 127. The summed E-state index contributed by atoms with van der Waals surface area (Å²) in [5.74, 6) is 0.613. The van der Waals surface area contributed by atoms with E-state index < -0.39 is 10.0 Å². The minimum atomic E-state index is -3.36. The fourth-order valence-electron chi connectivity index (χ4n) is 3.21. The van der Waals surface area contributed by atoms with Gasteiger partial charge in [-0.1, -0.05) is 42.5 Å². The number of fused-ring (bicyclic) bond motifs is 1. The number of para-hydroxylation sites is 1. The highest BCUT2D eigenvalue weighted by Gasteiger charge is 2.28. The Morgan fingerprint density at radius 1 is 1.11 bits per heavy atom. The van der Waals surface area contributed by atoms with Crippen molar-refractivity contribution in [3.05, 3.63) is 65.2 Å². The number of nitrogens with zero attached hydrogens (tertiary/aromatic N) is 2. The molecule has 0 amide bonds. The molecule has 0 aliphatic carbocycles. The largest absolute Gasteiger partial charge is 0.355 e. The van der Waals surface area contributed by atoms with Crippen LogP contribution in [0.2, 0.25) is 0 Å². The van der Waals surface area contributed by atoms with E-state index in [2.05, 4.69) is 34.7 Å². The van der Waals surface area contributed by atoms with Crippen LogP contribution in [0.25, 0.3) is 0 Å². The van der Waals surface area contributed by atoms with Gasteiger partial charge in [-0.05, 0) is 36.1 Å². The number of guanidine groups is 1. The van der Waals surface area contributed by atoms with Gasteiger partial charge in [-0.25, -0.2) is 8.42 Å². The number of sulfonamides is 1. The molecule has 1 aliphatic rings. The van der Waals surface area contributed by atoms with Crippen molar-refractivity contribution < 1.29 is 8.42 Å². The Kier molecular flexibility index (Phi) is 8.11. The maximum Gasteiger partial charge on any atom is 0.236 e. The maximum atomic E-state index is 12.7. The number of hydrogen-bond donors (Lipinski definition) is 2. The first-order valence-electron chi connectivity index (χ1n) is 9.08. The first-order chi connectivity index (χ1) is 13.0. The van der Waals surface area contributed by atoms with Crippen molar-refractivity contribution >= 4 is 45.6 Å². The van der Waals surface area contributed by atoms with E-state index in [1.807, 2.05) is 36.4 Å². The molecule has 1 heterocycles. The Morgan fingerprint density at radius 3 is 2.57 bits per heavy atom. The zero-order chi connectivity index (χ0) is 19.3. The number of aryl methyl sites for hydroxylation is 1. The van der Waals surface area contributed by atoms with Crippen molar-refractivity contribution in [3.63, 3.8) is 0 Å². The number of aliphatic imine (C=N–C) groups is 1. The van der Waals surface area contributed by atoms with E-state index in [-0.39, 0.29) is 29.7 Å². The van der Waals surface area contributed by atoms with Crippen molar-refractivity contribution in [3.8, 4) is 0 Å². The van der Waals surface area contributed by atoms with E-state index in [4.69, 9.17) is 0 Å². The van der Waals surface area contributed by atoms with Crippen LogP contribution in [-0.4, -0.2) is 40.3 Å². The minimum absolute atomic E-state index is 0. The van der Waals surface area contributed by atoms with Crippen LogP contribution >= 0.6 is 24.0 Å². The number of nitrogens with one attached hydrogen (secondary N) is 2. The molecule has 0 saturated heterocycles. The SMILES string of the molecule is CN=C(NCCS(=O)(=O)N1CCc2ccccc21)NCc1ccccc1C.I. The van der Waals surface area contributed by atoms with E-state index in [0.29, 0.717) is 25.6 Å². The zero-order valence-corrected chi connectivity index (χ0v) is 19.3. The Balaban J connectivity index is 0.00000280. The topological polar surface area (TPSA) is 73.8 Å². The number of rotatable bonds is 6. The Hall–Kier alpha value is -1.81. The van der Waals surface area contributed by atoms with Crippen LogP contribution in [0.3, 0.4) is 0 Å². The van der Waals surface area contributed by atoms with Gasteiger partial charge >= 0.3 is 0 Å². The molecule has 6 nitrogen and oxygen atoms in total. The highest BCUT2D eigenvalue weighted by Crippen LogP contribution is 2.29. The average Bonchev–Trinajstić information content (AvgIpc) is 3.10. The van der Waals surface area contributed by atoms with Crippen molar-refractivity contribution in [1.82, 2.24) is 10.6 Å². The Labute approximate surface area is 184 Å². The molecule has 2 aromatic rings. The number of halogens is 1. The van der Waals surface area contributed by atoms with E-state index in [1.165, 1.54) is 15.4 Å². The molecule has 8 heteroatoms. The highest BCUT2D eigenvalue weighted by molar-refractivity contribution is 14.0. The van der Waals surface area contributed by atoms with Crippen LogP contribution in [0, 0.1) is 6.92 Å². The van der Waals surface area contributed by atoms with Gasteiger partial charge in [-0.15, -0.1) is 24.0 Å². The van der Waals surface area contributed by atoms with Gasteiger partial charge in [0.1, 0.15) is 0 Å². The number of benzene rings is 2. The smallest absolute Gasteiger partial charge is 0.236 e. The molecule has 3 rings (SSSR count). The molecular weight excluding hydrogens is 487 g/mol. The lowest BCUT2D eigenvalue weighted by Crippen LogP contribution is -2.41. The summed E-state index contributed by atoms with van der Waals surface area (Å²) in [6, 6.07) is 15.8. The number of anilines is 1. The third-order valence-corrected chi connectivity index (χ3v) is 6.53. The van der Waals surface area contributed by atoms with Gasteiger partial charge in [0.15, 0.2) is 5.96 Å². The van der Waals surface area contributed by atoms with Crippen molar-refractivity contribution in [1.29, 1.82) is 0 Å². The quantitative estimate of drug-likeness (QED) is 0.353. The van der Waals surface area contributed by atoms with Gasteiger partial charge in [-0.2, -0.15) is 0 Å². The fraction of sp³-hybridized carbons (Fsp3) is 0.350. The van der Waals surface area contributed by atoms with Crippen LogP contribution < -0.4 is 14.9 Å². The third-order valence-electron chi connectivity index (χ3n) is 4.76. The fourth-order valence-corrected chi connectivity index (χ4v) is 4.64. The van der Waals surface area contributed by atoms with Crippen LogP contribution in [-0.2, 0) is 23.0 Å². The summed E-state index contributed by atoms with van der Waals surface area (Å²) in [6.45, 7) is 3.52. The Morgan fingerprint density at radius 2 is 1.82 bits per heavy atom. The second-order valence-electron chi connectivity index (χ2n) is 6.55. The van der Waals surface area contributed by atoms with Gasteiger partial charge in [0.25, 0.3) is 0 Å². The maximum absolute atomic E-state index is 12.7. The lowest BCUT2D eigenvalue weighted by atomic mass is 10.1. The Bertz CT molecular complexity index is 931. The summed E-state index contributed by atoms with van der Waals surface area (Å²) in [6.07, 6.45) is 0.766. The molecule has 0 saturated carbocycles.